The number of pyridine rings is 1. The molecule has 0 aromatic carbocycles. The van der Waals surface area contributed by atoms with Crippen molar-refractivity contribution < 1.29 is 14.6 Å². The number of rotatable bonds is 3. The van der Waals surface area contributed by atoms with Crippen LogP contribution in [0.1, 0.15) is 12.6 Å². The lowest BCUT2D eigenvalue weighted by Crippen LogP contribution is -2.52. The molecule has 0 spiro atoms. The fourth-order valence-corrected chi connectivity index (χ4v) is 2.60. The number of morpholine rings is 1. The number of aliphatic hydroxyl groups excluding tert-OH is 1. The van der Waals surface area contributed by atoms with E-state index in [0.29, 0.717) is 13.2 Å². The van der Waals surface area contributed by atoms with Gasteiger partial charge in [-0.15, -0.1) is 0 Å². The van der Waals surface area contributed by atoms with Crippen molar-refractivity contribution in [2.24, 2.45) is 0 Å². The third kappa shape index (κ3) is 2.91. The van der Waals surface area contributed by atoms with E-state index in [0.717, 1.165) is 11.3 Å². The zero-order valence-corrected chi connectivity index (χ0v) is 12.0. The average Bonchev–Trinajstić information content (AvgIpc) is 2.89. The first kappa shape index (κ1) is 14.0. The van der Waals surface area contributed by atoms with Gasteiger partial charge in [0.25, 0.3) is 0 Å². The van der Waals surface area contributed by atoms with E-state index in [1.54, 1.807) is 4.90 Å². The number of ether oxygens (including phenoxy) is 1. The number of carbonyl (C=O) groups excluding carboxylic acids is 1. The number of amides is 1. The first-order valence-corrected chi connectivity index (χ1v) is 7.12. The van der Waals surface area contributed by atoms with Crippen LogP contribution in [-0.2, 0) is 16.0 Å². The highest BCUT2D eigenvalue weighted by molar-refractivity contribution is 5.79. The summed E-state index contributed by atoms with van der Waals surface area (Å²) in [6.45, 7) is 2.78. The lowest BCUT2D eigenvalue weighted by atomic mass is 10.1. The summed E-state index contributed by atoms with van der Waals surface area (Å²) >= 11 is 0. The predicted molar refractivity (Wildman–Crippen MR) is 76.9 cm³/mol. The highest BCUT2D eigenvalue weighted by Gasteiger charge is 2.29. The van der Waals surface area contributed by atoms with Crippen LogP contribution in [0.15, 0.2) is 30.6 Å². The molecule has 1 N–H and O–H groups in total. The van der Waals surface area contributed by atoms with Crippen LogP contribution in [0.25, 0.3) is 5.65 Å². The van der Waals surface area contributed by atoms with Gasteiger partial charge >= 0.3 is 0 Å². The molecule has 112 valence electrons. The van der Waals surface area contributed by atoms with E-state index < -0.39 is 0 Å². The van der Waals surface area contributed by atoms with Crippen molar-refractivity contribution in [3.05, 3.63) is 36.3 Å². The molecule has 2 unspecified atom stereocenters. The summed E-state index contributed by atoms with van der Waals surface area (Å²) in [6.07, 6.45) is 3.77. The molecule has 1 aliphatic rings. The van der Waals surface area contributed by atoms with Crippen LogP contribution < -0.4 is 0 Å². The van der Waals surface area contributed by atoms with E-state index in [1.807, 2.05) is 41.9 Å². The van der Waals surface area contributed by atoms with Crippen LogP contribution in [0.3, 0.4) is 0 Å². The number of carbonyl (C=O) groups is 1. The van der Waals surface area contributed by atoms with Crippen LogP contribution in [0.4, 0.5) is 0 Å². The van der Waals surface area contributed by atoms with Crippen molar-refractivity contribution in [1.82, 2.24) is 14.3 Å². The number of aromatic nitrogens is 2. The molecule has 2 atom stereocenters. The molecular formula is C15H19N3O3. The second kappa shape index (κ2) is 5.83. The molecule has 21 heavy (non-hydrogen) atoms. The van der Waals surface area contributed by atoms with Crippen LogP contribution in [-0.4, -0.2) is 57.2 Å². The van der Waals surface area contributed by atoms with Crippen molar-refractivity contribution in [3.63, 3.8) is 0 Å². The molecule has 3 rings (SSSR count). The van der Waals surface area contributed by atoms with E-state index in [9.17, 15) is 9.90 Å². The molecule has 6 nitrogen and oxygen atoms in total. The molecule has 2 aromatic heterocycles. The van der Waals surface area contributed by atoms with Gasteiger partial charge in [0, 0.05) is 18.9 Å². The van der Waals surface area contributed by atoms with E-state index in [1.165, 1.54) is 0 Å². The lowest BCUT2D eigenvalue weighted by molar-refractivity contribution is -0.145. The van der Waals surface area contributed by atoms with Gasteiger partial charge in [0.15, 0.2) is 0 Å². The van der Waals surface area contributed by atoms with Gasteiger partial charge in [0.1, 0.15) is 5.65 Å². The Kier molecular flexibility index (Phi) is 3.90. The SMILES string of the molecule is CC1COC(CO)CN1C(=O)Cc1cn2ccccc2n1. The second-order valence-corrected chi connectivity index (χ2v) is 5.41. The standard InChI is InChI=1S/C15H19N3O3/c1-11-10-21-13(9-19)8-18(11)15(20)6-12-7-17-5-3-2-4-14(17)16-12/h2-5,7,11,13,19H,6,8-10H2,1H3. The first-order valence-electron chi connectivity index (χ1n) is 7.12. The van der Waals surface area contributed by atoms with Crippen LogP contribution in [0.5, 0.6) is 0 Å². The minimum absolute atomic E-state index is 0.0210. The number of nitrogens with zero attached hydrogens (tertiary/aromatic N) is 3. The Morgan fingerprint density at radius 1 is 1.52 bits per heavy atom. The highest BCUT2D eigenvalue weighted by Crippen LogP contribution is 2.14. The topological polar surface area (TPSA) is 67.1 Å². The Hall–Kier alpha value is -1.92. The van der Waals surface area contributed by atoms with Crippen LogP contribution >= 0.6 is 0 Å². The number of hydrogen-bond acceptors (Lipinski definition) is 4. The van der Waals surface area contributed by atoms with Gasteiger partial charge in [-0.05, 0) is 19.1 Å². The Balaban J connectivity index is 1.72. The molecule has 1 fully saturated rings. The molecule has 0 saturated carbocycles. The largest absolute Gasteiger partial charge is 0.394 e. The van der Waals surface area contributed by atoms with Crippen LogP contribution in [0.2, 0.25) is 0 Å². The highest BCUT2D eigenvalue weighted by atomic mass is 16.5. The third-order valence-electron chi connectivity index (χ3n) is 3.78. The molecule has 6 heteroatoms. The van der Waals surface area contributed by atoms with Gasteiger partial charge in [0.2, 0.25) is 5.91 Å². The van der Waals surface area contributed by atoms with Crippen molar-refractivity contribution in [2.45, 2.75) is 25.5 Å². The fraction of sp³-hybridized carbons (Fsp3) is 0.467. The van der Waals surface area contributed by atoms with E-state index in [4.69, 9.17) is 4.74 Å². The molecular weight excluding hydrogens is 270 g/mol. The summed E-state index contributed by atoms with van der Waals surface area (Å²) < 4.78 is 7.36. The van der Waals surface area contributed by atoms with Gasteiger partial charge in [-0.2, -0.15) is 0 Å². The normalized spacial score (nSPS) is 22.7. The maximum atomic E-state index is 12.5. The van der Waals surface area contributed by atoms with Gasteiger partial charge in [-0.1, -0.05) is 6.07 Å². The Morgan fingerprint density at radius 3 is 3.14 bits per heavy atom. The van der Waals surface area contributed by atoms with Gasteiger partial charge in [-0.25, -0.2) is 4.98 Å². The molecule has 1 aliphatic heterocycles. The maximum Gasteiger partial charge on any atom is 0.229 e. The summed E-state index contributed by atoms with van der Waals surface area (Å²) in [6, 6.07) is 5.78. The van der Waals surface area contributed by atoms with E-state index >= 15 is 0 Å². The van der Waals surface area contributed by atoms with E-state index in [2.05, 4.69) is 4.98 Å². The molecule has 2 aromatic rings. The van der Waals surface area contributed by atoms with Gasteiger partial charge < -0.3 is 19.1 Å². The maximum absolute atomic E-state index is 12.5. The molecule has 1 amide bonds. The lowest BCUT2D eigenvalue weighted by Gasteiger charge is -2.37. The van der Waals surface area contributed by atoms with Crippen molar-refractivity contribution in [1.29, 1.82) is 0 Å². The summed E-state index contributed by atoms with van der Waals surface area (Å²) in [5, 5.41) is 9.18. The van der Waals surface area contributed by atoms with Gasteiger partial charge in [0.05, 0.1) is 37.5 Å². The van der Waals surface area contributed by atoms with E-state index in [-0.39, 0.29) is 31.1 Å². The summed E-state index contributed by atoms with van der Waals surface area (Å²) in [5.74, 6) is 0.0210. The zero-order chi connectivity index (χ0) is 14.8. The number of hydrogen-bond donors (Lipinski definition) is 1. The third-order valence-corrected chi connectivity index (χ3v) is 3.78. The summed E-state index contributed by atoms with van der Waals surface area (Å²) in [4.78, 5) is 18.7. The Labute approximate surface area is 123 Å². The first-order chi connectivity index (χ1) is 10.2. The minimum Gasteiger partial charge on any atom is -0.394 e. The van der Waals surface area contributed by atoms with Crippen molar-refractivity contribution in [2.75, 3.05) is 19.8 Å². The summed E-state index contributed by atoms with van der Waals surface area (Å²) in [7, 11) is 0. The van der Waals surface area contributed by atoms with Crippen LogP contribution in [0, 0.1) is 0 Å². The number of imidazole rings is 1. The average molecular weight is 289 g/mol. The number of fused-ring (bicyclic) bond motifs is 1. The quantitative estimate of drug-likeness (QED) is 0.893. The molecule has 3 heterocycles. The minimum atomic E-state index is -0.286. The summed E-state index contributed by atoms with van der Waals surface area (Å²) in [5.41, 5.74) is 1.59. The number of aliphatic hydroxyl groups is 1. The smallest absolute Gasteiger partial charge is 0.229 e. The second-order valence-electron chi connectivity index (χ2n) is 5.41. The monoisotopic (exact) mass is 289 g/mol. The van der Waals surface area contributed by atoms with Gasteiger partial charge in [-0.3, -0.25) is 4.79 Å². The molecule has 0 aliphatic carbocycles. The fourth-order valence-electron chi connectivity index (χ4n) is 2.60. The molecule has 0 bridgehead atoms. The molecule has 1 saturated heterocycles. The Bertz CT molecular complexity index is 607. The predicted octanol–water partition coefficient (Wildman–Crippen LogP) is 0.485. The Morgan fingerprint density at radius 2 is 2.38 bits per heavy atom. The van der Waals surface area contributed by atoms with Crippen molar-refractivity contribution >= 4 is 11.6 Å². The zero-order valence-electron chi connectivity index (χ0n) is 12.0. The van der Waals surface area contributed by atoms with Crippen molar-refractivity contribution in [3.8, 4) is 0 Å². The molecule has 0 radical (unpaired) electrons.